The zero-order valence-corrected chi connectivity index (χ0v) is 19.0. The van der Waals surface area contributed by atoms with Crippen LogP contribution in [-0.2, 0) is 6.54 Å². The Balaban J connectivity index is 1.65. The minimum atomic E-state index is 0.387. The van der Waals surface area contributed by atoms with Gasteiger partial charge in [0.2, 0.25) is 0 Å². The lowest BCUT2D eigenvalue weighted by Crippen LogP contribution is -2.45. The van der Waals surface area contributed by atoms with Crippen LogP contribution in [0.3, 0.4) is 0 Å². The van der Waals surface area contributed by atoms with Gasteiger partial charge in [0.25, 0.3) is 0 Å². The van der Waals surface area contributed by atoms with Gasteiger partial charge in [-0.2, -0.15) is 0 Å². The van der Waals surface area contributed by atoms with Crippen molar-refractivity contribution in [2.24, 2.45) is 16.3 Å². The quantitative estimate of drug-likeness (QED) is 0.542. The van der Waals surface area contributed by atoms with Gasteiger partial charge in [0.15, 0.2) is 5.96 Å². The Hall–Kier alpha value is -1.14. The van der Waals surface area contributed by atoms with Crippen molar-refractivity contribution in [1.29, 1.82) is 0 Å². The molecule has 2 rings (SSSR count). The van der Waals surface area contributed by atoms with E-state index in [1.54, 1.807) is 11.3 Å². The smallest absolute Gasteiger partial charge is 0.191 e. The highest BCUT2D eigenvalue weighted by Crippen LogP contribution is 2.21. The summed E-state index contributed by atoms with van der Waals surface area (Å²) in [5, 5.41) is 10.4. The SMILES string of the molecule is CN=C(NCC1CCN(Cc2csc(C)n2)CC1)NC(C)CCC(C)(C)C. The monoisotopic (exact) mass is 393 g/mol. The van der Waals surface area contributed by atoms with E-state index in [1.807, 2.05) is 7.05 Å². The van der Waals surface area contributed by atoms with Gasteiger partial charge in [-0.05, 0) is 64.0 Å². The van der Waals surface area contributed by atoms with Gasteiger partial charge in [0.1, 0.15) is 0 Å². The summed E-state index contributed by atoms with van der Waals surface area (Å²) < 4.78 is 0. The molecule has 1 aromatic heterocycles. The summed E-state index contributed by atoms with van der Waals surface area (Å²) >= 11 is 1.75. The first kappa shape index (κ1) is 22.2. The first-order valence-electron chi connectivity index (χ1n) is 10.4. The Labute approximate surface area is 170 Å². The Kier molecular flexibility index (Phi) is 8.55. The fourth-order valence-electron chi connectivity index (χ4n) is 3.45. The predicted octanol–water partition coefficient (Wildman–Crippen LogP) is 4.04. The number of rotatable bonds is 7. The Bertz CT molecular complexity index is 582. The zero-order chi connectivity index (χ0) is 19.9. The molecule has 0 radical (unpaired) electrons. The van der Waals surface area contributed by atoms with Crippen molar-refractivity contribution >= 4 is 17.3 Å². The van der Waals surface area contributed by atoms with Gasteiger partial charge in [-0.1, -0.05) is 20.8 Å². The van der Waals surface area contributed by atoms with E-state index in [0.717, 1.165) is 38.1 Å². The molecule has 1 fully saturated rings. The van der Waals surface area contributed by atoms with Crippen molar-refractivity contribution in [3.8, 4) is 0 Å². The average molecular weight is 394 g/mol. The molecule has 6 heteroatoms. The number of aromatic nitrogens is 1. The van der Waals surface area contributed by atoms with Crippen LogP contribution in [0.5, 0.6) is 0 Å². The standard InChI is InChI=1S/C21H39N5S/c1-16(7-10-21(3,4)5)24-20(22-6)23-13-18-8-11-26(12-9-18)14-19-15-27-17(2)25-19/h15-16,18H,7-14H2,1-6H3,(H2,22,23,24). The van der Waals surface area contributed by atoms with Crippen molar-refractivity contribution in [1.82, 2.24) is 20.5 Å². The summed E-state index contributed by atoms with van der Waals surface area (Å²) in [5.74, 6) is 1.67. The number of nitrogens with zero attached hydrogens (tertiary/aromatic N) is 3. The molecule has 1 unspecified atom stereocenters. The van der Waals surface area contributed by atoms with Crippen molar-refractivity contribution < 1.29 is 0 Å². The van der Waals surface area contributed by atoms with Crippen molar-refractivity contribution in [2.75, 3.05) is 26.7 Å². The van der Waals surface area contributed by atoms with E-state index in [1.165, 1.54) is 36.4 Å². The second-order valence-electron chi connectivity index (χ2n) is 9.18. The van der Waals surface area contributed by atoms with Crippen LogP contribution in [0.2, 0.25) is 0 Å². The zero-order valence-electron chi connectivity index (χ0n) is 18.1. The highest BCUT2D eigenvalue weighted by molar-refractivity contribution is 7.09. The molecule has 27 heavy (non-hydrogen) atoms. The van der Waals surface area contributed by atoms with Gasteiger partial charge in [0.05, 0.1) is 10.7 Å². The number of thiazole rings is 1. The normalized spacial score (nSPS) is 18.5. The third-order valence-corrected chi connectivity index (χ3v) is 6.07. The maximum absolute atomic E-state index is 4.59. The van der Waals surface area contributed by atoms with Gasteiger partial charge < -0.3 is 10.6 Å². The summed E-state index contributed by atoms with van der Waals surface area (Å²) in [6.45, 7) is 15.6. The Morgan fingerprint density at radius 1 is 1.37 bits per heavy atom. The number of piperidine rings is 1. The third kappa shape index (κ3) is 8.60. The van der Waals surface area contributed by atoms with Crippen LogP contribution >= 0.6 is 11.3 Å². The predicted molar refractivity (Wildman–Crippen MR) is 118 cm³/mol. The molecule has 0 saturated carbocycles. The van der Waals surface area contributed by atoms with Crippen LogP contribution in [0.25, 0.3) is 0 Å². The molecule has 1 aliphatic heterocycles. The lowest BCUT2D eigenvalue weighted by Gasteiger charge is -2.32. The minimum Gasteiger partial charge on any atom is -0.356 e. The summed E-state index contributed by atoms with van der Waals surface area (Å²) in [4.78, 5) is 11.5. The highest BCUT2D eigenvalue weighted by atomic mass is 32.1. The lowest BCUT2D eigenvalue weighted by atomic mass is 9.89. The molecule has 0 amide bonds. The molecular weight excluding hydrogens is 354 g/mol. The van der Waals surface area contributed by atoms with Crippen molar-refractivity contribution in [3.63, 3.8) is 0 Å². The number of nitrogens with one attached hydrogen (secondary N) is 2. The van der Waals surface area contributed by atoms with E-state index in [0.29, 0.717) is 11.5 Å². The molecule has 154 valence electrons. The number of aliphatic imine (C=N–C) groups is 1. The number of guanidine groups is 1. The van der Waals surface area contributed by atoms with E-state index >= 15 is 0 Å². The fourth-order valence-corrected chi connectivity index (χ4v) is 4.05. The Morgan fingerprint density at radius 2 is 2.07 bits per heavy atom. The minimum absolute atomic E-state index is 0.387. The van der Waals surface area contributed by atoms with E-state index in [9.17, 15) is 0 Å². The number of hydrogen-bond acceptors (Lipinski definition) is 4. The maximum atomic E-state index is 4.59. The summed E-state index contributed by atoms with van der Waals surface area (Å²) in [7, 11) is 1.87. The molecule has 0 aromatic carbocycles. The number of hydrogen-bond donors (Lipinski definition) is 2. The first-order valence-corrected chi connectivity index (χ1v) is 11.2. The molecule has 0 bridgehead atoms. The van der Waals surface area contributed by atoms with Crippen LogP contribution in [0.15, 0.2) is 10.4 Å². The molecule has 0 aliphatic carbocycles. The second kappa shape index (κ2) is 10.4. The average Bonchev–Trinajstić information content (AvgIpc) is 3.02. The molecule has 5 nitrogen and oxygen atoms in total. The summed E-state index contributed by atoms with van der Waals surface area (Å²) in [6, 6.07) is 0.443. The molecule has 1 atom stereocenters. The highest BCUT2D eigenvalue weighted by Gasteiger charge is 2.20. The molecule has 1 saturated heterocycles. The molecule has 1 aliphatic rings. The van der Waals surface area contributed by atoms with Gasteiger partial charge in [-0.3, -0.25) is 9.89 Å². The van der Waals surface area contributed by atoms with Crippen LogP contribution in [0, 0.1) is 18.3 Å². The van der Waals surface area contributed by atoms with Gasteiger partial charge in [-0.15, -0.1) is 11.3 Å². The van der Waals surface area contributed by atoms with E-state index in [2.05, 4.69) is 65.5 Å². The maximum Gasteiger partial charge on any atom is 0.191 e. The van der Waals surface area contributed by atoms with Crippen LogP contribution in [0.1, 0.15) is 64.1 Å². The van der Waals surface area contributed by atoms with Crippen molar-refractivity contribution in [3.05, 3.63) is 16.1 Å². The van der Waals surface area contributed by atoms with Crippen LogP contribution in [0.4, 0.5) is 0 Å². The van der Waals surface area contributed by atoms with Crippen molar-refractivity contribution in [2.45, 2.75) is 72.9 Å². The fraction of sp³-hybridized carbons (Fsp3) is 0.810. The Morgan fingerprint density at radius 3 is 2.63 bits per heavy atom. The summed E-state index contributed by atoms with van der Waals surface area (Å²) in [6.07, 6.45) is 4.87. The van der Waals surface area contributed by atoms with E-state index in [4.69, 9.17) is 0 Å². The molecule has 2 N–H and O–H groups in total. The molecule has 0 spiro atoms. The largest absolute Gasteiger partial charge is 0.356 e. The van der Waals surface area contributed by atoms with E-state index in [-0.39, 0.29) is 0 Å². The van der Waals surface area contributed by atoms with Crippen LogP contribution in [-0.4, -0.2) is 48.6 Å². The molecule has 2 heterocycles. The number of likely N-dealkylation sites (tertiary alicyclic amines) is 1. The summed E-state index contributed by atoms with van der Waals surface area (Å²) in [5.41, 5.74) is 1.61. The van der Waals surface area contributed by atoms with E-state index < -0.39 is 0 Å². The lowest BCUT2D eigenvalue weighted by molar-refractivity contribution is 0.176. The van der Waals surface area contributed by atoms with Crippen LogP contribution < -0.4 is 10.6 Å². The topological polar surface area (TPSA) is 52.6 Å². The van der Waals surface area contributed by atoms with Gasteiger partial charge in [0, 0.05) is 31.6 Å². The van der Waals surface area contributed by atoms with Gasteiger partial charge >= 0.3 is 0 Å². The molecular formula is C21H39N5S. The third-order valence-electron chi connectivity index (χ3n) is 5.25. The first-order chi connectivity index (χ1) is 12.7. The number of aryl methyl sites for hydroxylation is 1. The van der Waals surface area contributed by atoms with Gasteiger partial charge in [-0.25, -0.2) is 4.98 Å². The second-order valence-corrected chi connectivity index (χ2v) is 10.2. The molecule has 1 aromatic rings.